The van der Waals surface area contributed by atoms with Crippen LogP contribution in [0, 0.1) is 0 Å². The summed E-state index contributed by atoms with van der Waals surface area (Å²) in [6.07, 6.45) is 1.47. The Labute approximate surface area is 151 Å². The van der Waals surface area contributed by atoms with E-state index < -0.39 is 5.60 Å². The van der Waals surface area contributed by atoms with Crippen LogP contribution in [0.4, 0.5) is 0 Å². The molecule has 8 heteroatoms. The molecule has 0 saturated carbocycles. The minimum Gasteiger partial charge on any atom is -0.378 e. The minimum atomic E-state index is -0.647. The van der Waals surface area contributed by atoms with Crippen LogP contribution >= 0.6 is 24.8 Å². The number of piperidine rings is 1. The first kappa shape index (κ1) is 22.9. The number of carbonyl (C=O) groups is 1. The maximum Gasteiger partial charge on any atom is 0.252 e. The van der Waals surface area contributed by atoms with Crippen molar-refractivity contribution in [1.29, 1.82) is 0 Å². The molecule has 138 valence electrons. The van der Waals surface area contributed by atoms with E-state index in [2.05, 4.69) is 29.4 Å². The second kappa shape index (κ2) is 10.0. The predicted molar refractivity (Wildman–Crippen MR) is 95.8 cm³/mol. The van der Waals surface area contributed by atoms with E-state index in [1.807, 2.05) is 0 Å². The van der Waals surface area contributed by atoms with E-state index in [4.69, 9.17) is 9.47 Å². The van der Waals surface area contributed by atoms with E-state index in [1.165, 1.54) is 0 Å². The lowest BCUT2D eigenvalue weighted by atomic mass is 9.91. The molecule has 2 fully saturated rings. The molecule has 23 heavy (non-hydrogen) atoms. The fourth-order valence-electron chi connectivity index (χ4n) is 3.13. The van der Waals surface area contributed by atoms with Gasteiger partial charge in [0.25, 0.3) is 5.91 Å². The van der Waals surface area contributed by atoms with Crippen LogP contribution in [0.2, 0.25) is 0 Å². The fourth-order valence-corrected chi connectivity index (χ4v) is 3.13. The van der Waals surface area contributed by atoms with Crippen LogP contribution in [0.25, 0.3) is 0 Å². The third-order valence-corrected chi connectivity index (χ3v) is 4.70. The van der Waals surface area contributed by atoms with Crippen molar-refractivity contribution in [1.82, 2.24) is 15.5 Å². The van der Waals surface area contributed by atoms with Gasteiger partial charge in [-0.1, -0.05) is 0 Å². The monoisotopic (exact) mass is 371 g/mol. The van der Waals surface area contributed by atoms with Crippen molar-refractivity contribution < 1.29 is 14.3 Å². The van der Waals surface area contributed by atoms with E-state index in [-0.39, 0.29) is 36.3 Å². The summed E-state index contributed by atoms with van der Waals surface area (Å²) in [7, 11) is 1.63. The number of nitrogens with one attached hydrogen (secondary N) is 2. The highest BCUT2D eigenvalue weighted by atomic mass is 35.5. The first-order chi connectivity index (χ1) is 10.0. The third kappa shape index (κ3) is 5.73. The summed E-state index contributed by atoms with van der Waals surface area (Å²) in [5.74, 6) is 0.0255. The van der Waals surface area contributed by atoms with Crippen LogP contribution in [0.15, 0.2) is 0 Å². The highest BCUT2D eigenvalue weighted by molar-refractivity contribution is 5.86. The van der Waals surface area contributed by atoms with Crippen LogP contribution in [0.5, 0.6) is 0 Å². The Kier molecular flexibility index (Phi) is 9.96. The smallest absolute Gasteiger partial charge is 0.252 e. The van der Waals surface area contributed by atoms with Gasteiger partial charge in [-0.15, -0.1) is 24.8 Å². The molecule has 0 aromatic rings. The third-order valence-electron chi connectivity index (χ3n) is 4.70. The molecule has 0 spiro atoms. The normalized spacial score (nSPS) is 23.3. The maximum atomic E-state index is 12.4. The lowest BCUT2D eigenvalue weighted by Gasteiger charge is -2.42. The molecular weight excluding hydrogens is 341 g/mol. The Morgan fingerprint density at radius 3 is 2.52 bits per heavy atom. The van der Waals surface area contributed by atoms with Crippen LogP contribution in [-0.2, 0) is 14.3 Å². The number of hydrogen-bond donors (Lipinski definition) is 2. The Morgan fingerprint density at radius 1 is 1.30 bits per heavy atom. The van der Waals surface area contributed by atoms with Gasteiger partial charge in [-0.2, -0.15) is 0 Å². The molecule has 0 unspecified atom stereocenters. The summed E-state index contributed by atoms with van der Waals surface area (Å²) < 4.78 is 11.1. The van der Waals surface area contributed by atoms with Crippen LogP contribution in [0.3, 0.4) is 0 Å². The number of amides is 1. The first-order valence-corrected chi connectivity index (χ1v) is 7.87. The van der Waals surface area contributed by atoms with E-state index in [0.29, 0.717) is 6.54 Å². The number of hydrogen-bond acceptors (Lipinski definition) is 5. The van der Waals surface area contributed by atoms with Crippen molar-refractivity contribution in [3.05, 3.63) is 0 Å². The summed E-state index contributed by atoms with van der Waals surface area (Å²) in [5.41, 5.74) is -0.609. The Hall–Kier alpha value is -0.110. The first-order valence-electron chi connectivity index (χ1n) is 7.87. The Bertz CT molecular complexity index is 364. The summed E-state index contributed by atoms with van der Waals surface area (Å²) >= 11 is 0. The van der Waals surface area contributed by atoms with Crippen LogP contribution in [-0.4, -0.2) is 75.0 Å². The van der Waals surface area contributed by atoms with Gasteiger partial charge in [0.05, 0.1) is 13.2 Å². The van der Waals surface area contributed by atoms with Gasteiger partial charge in [0.15, 0.2) is 0 Å². The van der Waals surface area contributed by atoms with Gasteiger partial charge in [0.2, 0.25) is 0 Å². The summed E-state index contributed by atoms with van der Waals surface area (Å²) in [6, 6.07) is 0. The standard InChI is InChI=1S/C15H29N3O3.2ClH/c1-14(2)12-21-11-10-18(14)9-8-17-13(19)15(20-3)4-6-16-7-5-15;;/h16H,4-12H2,1-3H3,(H,17,19);2*1H. The Balaban J connectivity index is 0.00000242. The molecule has 2 N–H and O–H groups in total. The largest absolute Gasteiger partial charge is 0.378 e. The van der Waals surface area contributed by atoms with Crippen molar-refractivity contribution in [2.24, 2.45) is 0 Å². The summed E-state index contributed by atoms with van der Waals surface area (Å²) in [6.45, 7) is 9.95. The van der Waals surface area contributed by atoms with Gasteiger partial charge in [-0.05, 0) is 39.8 Å². The molecule has 2 heterocycles. The lowest BCUT2D eigenvalue weighted by molar-refractivity contribution is -0.146. The Morgan fingerprint density at radius 2 is 1.96 bits per heavy atom. The maximum absolute atomic E-state index is 12.4. The number of carbonyl (C=O) groups excluding carboxylic acids is 1. The number of ether oxygens (including phenoxy) is 2. The van der Waals surface area contributed by atoms with Crippen LogP contribution in [0.1, 0.15) is 26.7 Å². The van der Waals surface area contributed by atoms with E-state index in [9.17, 15) is 4.79 Å². The highest BCUT2D eigenvalue weighted by Gasteiger charge is 2.39. The van der Waals surface area contributed by atoms with Crippen molar-refractivity contribution in [2.75, 3.05) is 53.0 Å². The molecule has 0 bridgehead atoms. The zero-order valence-corrected chi connectivity index (χ0v) is 16.0. The SMILES string of the molecule is COC1(C(=O)NCCN2CCOCC2(C)C)CCNCC1.Cl.Cl. The average Bonchev–Trinajstić information content (AvgIpc) is 2.49. The van der Waals surface area contributed by atoms with Gasteiger partial charge in [0, 0.05) is 32.3 Å². The number of halogens is 2. The molecule has 0 aromatic heterocycles. The number of nitrogens with zero attached hydrogens (tertiary/aromatic N) is 1. The highest BCUT2D eigenvalue weighted by Crippen LogP contribution is 2.22. The molecule has 6 nitrogen and oxygen atoms in total. The molecular formula is C15H31Cl2N3O3. The topological polar surface area (TPSA) is 62.8 Å². The fraction of sp³-hybridized carbons (Fsp3) is 0.933. The van der Waals surface area contributed by atoms with E-state index in [1.54, 1.807) is 7.11 Å². The molecule has 0 aromatic carbocycles. The number of rotatable bonds is 5. The van der Waals surface area contributed by atoms with E-state index in [0.717, 1.165) is 52.2 Å². The van der Waals surface area contributed by atoms with Gasteiger partial charge in [-0.3, -0.25) is 9.69 Å². The minimum absolute atomic E-state index is 0. The summed E-state index contributed by atoms with van der Waals surface area (Å²) in [5, 5.41) is 6.32. The zero-order chi connectivity index (χ0) is 15.3. The molecule has 2 rings (SSSR count). The van der Waals surface area contributed by atoms with Gasteiger partial charge >= 0.3 is 0 Å². The second-order valence-electron chi connectivity index (χ2n) is 6.56. The molecule has 2 aliphatic rings. The van der Waals surface area contributed by atoms with Gasteiger partial charge in [0.1, 0.15) is 5.60 Å². The van der Waals surface area contributed by atoms with Crippen molar-refractivity contribution in [2.45, 2.75) is 37.8 Å². The molecule has 1 amide bonds. The van der Waals surface area contributed by atoms with Gasteiger partial charge < -0.3 is 20.1 Å². The zero-order valence-electron chi connectivity index (χ0n) is 14.4. The lowest BCUT2D eigenvalue weighted by Crippen LogP contribution is -2.57. The average molecular weight is 372 g/mol. The molecule has 2 saturated heterocycles. The number of morpholine rings is 1. The van der Waals surface area contributed by atoms with Crippen molar-refractivity contribution in [3.63, 3.8) is 0 Å². The summed E-state index contributed by atoms with van der Waals surface area (Å²) in [4.78, 5) is 14.8. The number of methoxy groups -OCH3 is 1. The second-order valence-corrected chi connectivity index (χ2v) is 6.56. The molecule has 0 radical (unpaired) electrons. The van der Waals surface area contributed by atoms with Gasteiger partial charge in [-0.25, -0.2) is 0 Å². The van der Waals surface area contributed by atoms with E-state index >= 15 is 0 Å². The van der Waals surface area contributed by atoms with Crippen LogP contribution < -0.4 is 10.6 Å². The quantitative estimate of drug-likeness (QED) is 0.749. The molecule has 2 aliphatic heterocycles. The molecule has 0 aliphatic carbocycles. The predicted octanol–water partition coefficient (Wildman–Crippen LogP) is 0.826. The van der Waals surface area contributed by atoms with Crippen molar-refractivity contribution in [3.8, 4) is 0 Å². The molecule has 0 atom stereocenters. The van der Waals surface area contributed by atoms with Crippen molar-refractivity contribution >= 4 is 30.7 Å².